The van der Waals surface area contributed by atoms with E-state index in [1.54, 1.807) is 7.11 Å². The summed E-state index contributed by atoms with van der Waals surface area (Å²) in [7, 11) is -0.703. The van der Waals surface area contributed by atoms with E-state index in [0.717, 1.165) is 6.07 Å². The smallest absolute Gasteiger partial charge is 0.243 e. The van der Waals surface area contributed by atoms with Gasteiger partial charge in [-0.2, -0.15) is 4.31 Å². The lowest BCUT2D eigenvalue weighted by atomic mass is 10.3. The molecule has 1 rings (SSSR count). The summed E-state index contributed by atoms with van der Waals surface area (Å²) in [4.78, 5) is -0.0725. The normalized spacial score (nSPS) is 12.0. The zero-order chi connectivity index (χ0) is 15.9. The van der Waals surface area contributed by atoms with E-state index in [9.17, 15) is 12.8 Å². The molecule has 5 nitrogen and oxygen atoms in total. The quantitative estimate of drug-likeness (QED) is 0.613. The van der Waals surface area contributed by atoms with Crippen LogP contribution in [0.25, 0.3) is 0 Å². The lowest BCUT2D eigenvalue weighted by Crippen LogP contribution is -2.35. The van der Waals surface area contributed by atoms with Crippen LogP contribution in [0, 0.1) is 5.82 Å². The Hall–Kier alpha value is -0.540. The first-order valence-electron chi connectivity index (χ1n) is 6.36. The number of hydrogen-bond donors (Lipinski definition) is 0. The molecule has 0 aliphatic carbocycles. The summed E-state index contributed by atoms with van der Waals surface area (Å²) in [5.41, 5.74) is 0. The minimum absolute atomic E-state index is 0.0725. The van der Waals surface area contributed by atoms with Crippen molar-refractivity contribution in [2.75, 3.05) is 40.5 Å². The zero-order valence-corrected chi connectivity index (χ0v) is 14.4. The minimum atomic E-state index is -3.76. The second kappa shape index (κ2) is 8.79. The highest BCUT2D eigenvalue weighted by molar-refractivity contribution is 9.10. The average molecular weight is 384 g/mol. The van der Waals surface area contributed by atoms with Crippen molar-refractivity contribution in [3.8, 4) is 0 Å². The Morgan fingerprint density at radius 3 is 2.43 bits per heavy atom. The van der Waals surface area contributed by atoms with Gasteiger partial charge in [-0.05, 0) is 40.5 Å². The van der Waals surface area contributed by atoms with Crippen LogP contribution in [0.15, 0.2) is 27.6 Å². The van der Waals surface area contributed by atoms with Crippen molar-refractivity contribution < 1.29 is 22.3 Å². The topological polar surface area (TPSA) is 55.8 Å². The number of rotatable bonds is 9. The molecule has 21 heavy (non-hydrogen) atoms. The fraction of sp³-hybridized carbons (Fsp3) is 0.538. The molecule has 0 unspecified atom stereocenters. The maximum absolute atomic E-state index is 13.6. The fourth-order valence-electron chi connectivity index (χ4n) is 1.72. The van der Waals surface area contributed by atoms with Crippen LogP contribution < -0.4 is 0 Å². The molecule has 120 valence electrons. The van der Waals surface area contributed by atoms with E-state index in [-0.39, 0.29) is 29.1 Å². The summed E-state index contributed by atoms with van der Waals surface area (Å²) in [6.45, 7) is 1.22. The summed E-state index contributed by atoms with van der Waals surface area (Å²) < 4.78 is 50.0. The van der Waals surface area contributed by atoms with Crippen LogP contribution in [0.4, 0.5) is 4.39 Å². The summed E-state index contributed by atoms with van der Waals surface area (Å²) in [6, 6.07) is 3.76. The lowest BCUT2D eigenvalue weighted by Gasteiger charge is -2.22. The average Bonchev–Trinajstić information content (AvgIpc) is 2.45. The SMILES string of the molecule is COCCCN(CCOC)S(=O)(=O)c1ccc(Br)c(F)c1. The van der Waals surface area contributed by atoms with Gasteiger partial charge in [-0.25, -0.2) is 12.8 Å². The monoisotopic (exact) mass is 383 g/mol. The minimum Gasteiger partial charge on any atom is -0.385 e. The zero-order valence-electron chi connectivity index (χ0n) is 12.0. The summed E-state index contributed by atoms with van der Waals surface area (Å²) in [6.07, 6.45) is 0.554. The van der Waals surface area contributed by atoms with Crippen molar-refractivity contribution in [1.29, 1.82) is 0 Å². The Kier molecular flexibility index (Phi) is 7.75. The number of halogens is 2. The third-order valence-electron chi connectivity index (χ3n) is 2.83. The van der Waals surface area contributed by atoms with Gasteiger partial charge in [0.1, 0.15) is 5.82 Å². The van der Waals surface area contributed by atoms with Gasteiger partial charge in [0.05, 0.1) is 16.0 Å². The molecule has 0 atom stereocenters. The summed E-state index contributed by atoms with van der Waals surface area (Å²) in [5, 5.41) is 0. The molecular weight excluding hydrogens is 365 g/mol. The van der Waals surface area contributed by atoms with Crippen LogP contribution in [0.5, 0.6) is 0 Å². The predicted octanol–water partition coefficient (Wildman–Crippen LogP) is 2.26. The molecule has 0 amide bonds. The van der Waals surface area contributed by atoms with E-state index >= 15 is 0 Å². The van der Waals surface area contributed by atoms with Crippen LogP contribution in [0.2, 0.25) is 0 Å². The standard InChI is InChI=1S/C13H19BrFNO4S/c1-19-8-3-6-16(7-9-20-2)21(17,18)11-4-5-12(14)13(15)10-11/h4-5,10H,3,6-9H2,1-2H3. The van der Waals surface area contributed by atoms with Gasteiger partial charge in [-0.15, -0.1) is 0 Å². The molecule has 0 bridgehead atoms. The van der Waals surface area contributed by atoms with Crippen LogP contribution in [0.1, 0.15) is 6.42 Å². The van der Waals surface area contributed by atoms with Gasteiger partial charge < -0.3 is 9.47 Å². The molecular formula is C13H19BrFNO4S. The molecule has 0 N–H and O–H groups in total. The molecule has 0 aromatic heterocycles. The Labute approximate surface area is 133 Å². The first-order chi connectivity index (χ1) is 9.93. The molecule has 1 aromatic rings. The first kappa shape index (κ1) is 18.5. The van der Waals surface area contributed by atoms with Gasteiger partial charge in [-0.3, -0.25) is 0 Å². The number of hydrogen-bond acceptors (Lipinski definition) is 4. The molecule has 0 saturated heterocycles. The van der Waals surface area contributed by atoms with Crippen molar-refractivity contribution in [1.82, 2.24) is 4.31 Å². The molecule has 8 heteroatoms. The van der Waals surface area contributed by atoms with Gasteiger partial charge in [0.15, 0.2) is 0 Å². The number of ether oxygens (including phenoxy) is 2. The van der Waals surface area contributed by atoms with Crippen LogP contribution in [-0.4, -0.2) is 53.2 Å². The van der Waals surface area contributed by atoms with Crippen molar-refractivity contribution in [2.24, 2.45) is 0 Å². The molecule has 0 heterocycles. The number of nitrogens with zero attached hydrogens (tertiary/aromatic N) is 1. The van der Waals surface area contributed by atoms with Crippen molar-refractivity contribution in [2.45, 2.75) is 11.3 Å². The maximum atomic E-state index is 13.6. The Balaban J connectivity index is 2.98. The number of benzene rings is 1. The number of methoxy groups -OCH3 is 2. The van der Waals surface area contributed by atoms with Crippen LogP contribution in [0.3, 0.4) is 0 Å². The van der Waals surface area contributed by atoms with E-state index in [4.69, 9.17) is 9.47 Å². The summed E-state index contributed by atoms with van der Waals surface area (Å²) >= 11 is 3.01. The highest BCUT2D eigenvalue weighted by atomic mass is 79.9. The molecule has 0 aliphatic heterocycles. The van der Waals surface area contributed by atoms with Crippen molar-refractivity contribution in [3.05, 3.63) is 28.5 Å². The van der Waals surface area contributed by atoms with Gasteiger partial charge in [-0.1, -0.05) is 0 Å². The van der Waals surface area contributed by atoms with E-state index in [1.165, 1.54) is 23.5 Å². The Morgan fingerprint density at radius 2 is 1.86 bits per heavy atom. The van der Waals surface area contributed by atoms with Gasteiger partial charge >= 0.3 is 0 Å². The second-order valence-electron chi connectivity index (χ2n) is 4.32. The van der Waals surface area contributed by atoms with E-state index in [1.807, 2.05) is 0 Å². The largest absolute Gasteiger partial charge is 0.385 e. The molecule has 0 saturated carbocycles. The van der Waals surface area contributed by atoms with Crippen LogP contribution in [-0.2, 0) is 19.5 Å². The van der Waals surface area contributed by atoms with Gasteiger partial charge in [0.25, 0.3) is 0 Å². The molecule has 1 aromatic carbocycles. The fourth-order valence-corrected chi connectivity index (χ4v) is 3.44. The molecule has 0 fully saturated rings. The maximum Gasteiger partial charge on any atom is 0.243 e. The van der Waals surface area contributed by atoms with E-state index in [0.29, 0.717) is 13.0 Å². The lowest BCUT2D eigenvalue weighted by molar-refractivity contribution is 0.164. The predicted molar refractivity (Wildman–Crippen MR) is 81.2 cm³/mol. The van der Waals surface area contributed by atoms with Crippen LogP contribution >= 0.6 is 15.9 Å². The van der Waals surface area contributed by atoms with Gasteiger partial charge in [0.2, 0.25) is 10.0 Å². The third-order valence-corrected chi connectivity index (χ3v) is 5.37. The third kappa shape index (κ3) is 5.30. The van der Waals surface area contributed by atoms with E-state index in [2.05, 4.69) is 15.9 Å². The summed E-state index contributed by atoms with van der Waals surface area (Å²) in [5.74, 6) is -0.611. The van der Waals surface area contributed by atoms with Crippen molar-refractivity contribution in [3.63, 3.8) is 0 Å². The highest BCUT2D eigenvalue weighted by Crippen LogP contribution is 2.22. The van der Waals surface area contributed by atoms with E-state index < -0.39 is 15.8 Å². The molecule has 0 spiro atoms. The Morgan fingerprint density at radius 1 is 1.19 bits per heavy atom. The molecule has 0 radical (unpaired) electrons. The first-order valence-corrected chi connectivity index (χ1v) is 8.60. The van der Waals surface area contributed by atoms with Gasteiger partial charge in [0, 0.05) is 33.9 Å². The van der Waals surface area contributed by atoms with Crippen molar-refractivity contribution >= 4 is 26.0 Å². The molecule has 0 aliphatic rings. The number of sulfonamides is 1. The Bertz CT molecular complexity index is 553. The highest BCUT2D eigenvalue weighted by Gasteiger charge is 2.24. The second-order valence-corrected chi connectivity index (χ2v) is 7.11.